The van der Waals surface area contributed by atoms with E-state index in [1.54, 1.807) is 14.2 Å². The number of hydrogen-bond acceptors (Lipinski definition) is 4. The van der Waals surface area contributed by atoms with Crippen molar-refractivity contribution in [2.45, 2.75) is 13.0 Å². The number of nitrogens with zero attached hydrogens (tertiary/aromatic N) is 1. The van der Waals surface area contributed by atoms with Crippen molar-refractivity contribution in [2.75, 3.05) is 41.0 Å². The molecule has 0 aliphatic heterocycles. The molecule has 5 nitrogen and oxygen atoms in total. The first-order valence-electron chi connectivity index (χ1n) is 6.83. The second-order valence-corrected chi connectivity index (χ2v) is 5.74. The van der Waals surface area contributed by atoms with Crippen LogP contribution >= 0.6 is 15.9 Å². The average Bonchev–Trinajstić information content (AvgIpc) is 2.43. The van der Waals surface area contributed by atoms with Gasteiger partial charge in [0, 0.05) is 36.8 Å². The van der Waals surface area contributed by atoms with Gasteiger partial charge in [0.1, 0.15) is 5.75 Å². The van der Waals surface area contributed by atoms with Gasteiger partial charge in [-0.2, -0.15) is 0 Å². The van der Waals surface area contributed by atoms with Crippen molar-refractivity contribution in [1.29, 1.82) is 0 Å². The minimum Gasteiger partial charge on any atom is -0.496 e. The van der Waals surface area contributed by atoms with Crippen LogP contribution in [0.4, 0.5) is 0 Å². The van der Waals surface area contributed by atoms with Crippen LogP contribution in [0.15, 0.2) is 22.7 Å². The largest absolute Gasteiger partial charge is 0.496 e. The highest BCUT2D eigenvalue weighted by Crippen LogP contribution is 2.23. The smallest absolute Gasteiger partial charge is 0.234 e. The Kier molecular flexibility index (Phi) is 8.34. The van der Waals surface area contributed by atoms with E-state index in [4.69, 9.17) is 9.47 Å². The van der Waals surface area contributed by atoms with Crippen molar-refractivity contribution < 1.29 is 14.3 Å². The van der Waals surface area contributed by atoms with Crippen molar-refractivity contribution in [2.24, 2.45) is 0 Å². The van der Waals surface area contributed by atoms with E-state index in [0.717, 1.165) is 22.2 Å². The molecule has 0 heterocycles. The summed E-state index contributed by atoms with van der Waals surface area (Å²) in [6.45, 7) is 2.29. The molecule has 118 valence electrons. The Hall–Kier alpha value is -1.11. The standard InChI is InChI=1S/C15H23BrN2O3/c1-18(11-15(19)17-7-4-8-20-2)10-12-9-13(16)5-6-14(12)21-3/h5-6,9H,4,7-8,10-11H2,1-3H3,(H,17,19). The fourth-order valence-corrected chi connectivity index (χ4v) is 2.37. The molecule has 1 N–H and O–H groups in total. The third-order valence-electron chi connectivity index (χ3n) is 2.94. The van der Waals surface area contributed by atoms with Crippen LogP contribution in [0.2, 0.25) is 0 Å². The molecule has 0 spiro atoms. The highest BCUT2D eigenvalue weighted by atomic mass is 79.9. The lowest BCUT2D eigenvalue weighted by Gasteiger charge is -2.18. The van der Waals surface area contributed by atoms with Crippen molar-refractivity contribution >= 4 is 21.8 Å². The molecule has 0 saturated carbocycles. The van der Waals surface area contributed by atoms with E-state index >= 15 is 0 Å². The Labute approximate surface area is 134 Å². The van der Waals surface area contributed by atoms with Crippen LogP contribution in [-0.2, 0) is 16.1 Å². The van der Waals surface area contributed by atoms with E-state index < -0.39 is 0 Å². The molecule has 1 aromatic rings. The molecule has 1 aromatic carbocycles. The normalized spacial score (nSPS) is 10.7. The van der Waals surface area contributed by atoms with Crippen molar-refractivity contribution in [3.63, 3.8) is 0 Å². The van der Waals surface area contributed by atoms with Gasteiger partial charge in [0.25, 0.3) is 0 Å². The minimum absolute atomic E-state index is 0.0163. The summed E-state index contributed by atoms with van der Waals surface area (Å²) < 4.78 is 11.3. The Balaban J connectivity index is 2.44. The number of halogens is 1. The monoisotopic (exact) mass is 358 g/mol. The molecule has 0 aliphatic carbocycles. The first-order valence-corrected chi connectivity index (χ1v) is 7.62. The van der Waals surface area contributed by atoms with E-state index in [1.807, 2.05) is 30.1 Å². The van der Waals surface area contributed by atoms with Gasteiger partial charge in [-0.05, 0) is 31.7 Å². The van der Waals surface area contributed by atoms with E-state index in [-0.39, 0.29) is 5.91 Å². The third-order valence-corrected chi connectivity index (χ3v) is 3.44. The van der Waals surface area contributed by atoms with Crippen LogP contribution in [0.3, 0.4) is 0 Å². The molecule has 21 heavy (non-hydrogen) atoms. The number of likely N-dealkylation sites (N-methyl/N-ethyl adjacent to an activating group) is 1. The lowest BCUT2D eigenvalue weighted by molar-refractivity contribution is -0.122. The van der Waals surface area contributed by atoms with E-state index in [1.165, 1.54) is 0 Å². The second-order valence-electron chi connectivity index (χ2n) is 4.82. The number of benzene rings is 1. The van der Waals surface area contributed by atoms with Crippen LogP contribution in [0, 0.1) is 0 Å². The van der Waals surface area contributed by atoms with Gasteiger partial charge in [-0.25, -0.2) is 0 Å². The molecule has 0 saturated heterocycles. The van der Waals surface area contributed by atoms with Crippen molar-refractivity contribution in [3.05, 3.63) is 28.2 Å². The zero-order chi connectivity index (χ0) is 15.7. The SMILES string of the molecule is COCCCNC(=O)CN(C)Cc1cc(Br)ccc1OC. The molecule has 0 radical (unpaired) electrons. The predicted molar refractivity (Wildman–Crippen MR) is 86.5 cm³/mol. The van der Waals surface area contributed by atoms with E-state index in [9.17, 15) is 4.79 Å². The molecule has 0 aliphatic rings. The summed E-state index contributed by atoms with van der Waals surface area (Å²) in [5.74, 6) is 0.841. The van der Waals surface area contributed by atoms with Crippen LogP contribution in [-0.4, -0.2) is 51.8 Å². The highest BCUT2D eigenvalue weighted by molar-refractivity contribution is 9.10. The van der Waals surface area contributed by atoms with Gasteiger partial charge in [0.15, 0.2) is 0 Å². The van der Waals surface area contributed by atoms with Crippen LogP contribution < -0.4 is 10.1 Å². The Bertz CT molecular complexity index is 455. The second kappa shape index (κ2) is 9.76. The number of rotatable bonds is 9. The molecule has 6 heteroatoms. The number of carbonyl (C=O) groups excluding carboxylic acids is 1. The maximum absolute atomic E-state index is 11.8. The number of ether oxygens (including phenoxy) is 2. The van der Waals surface area contributed by atoms with E-state index in [0.29, 0.717) is 26.2 Å². The Morgan fingerprint density at radius 1 is 1.38 bits per heavy atom. The summed E-state index contributed by atoms with van der Waals surface area (Å²) in [4.78, 5) is 13.7. The van der Waals surface area contributed by atoms with Crippen LogP contribution in [0.5, 0.6) is 5.75 Å². The molecule has 1 amide bonds. The topological polar surface area (TPSA) is 50.8 Å². The fraction of sp³-hybridized carbons (Fsp3) is 0.533. The maximum Gasteiger partial charge on any atom is 0.234 e. The van der Waals surface area contributed by atoms with Gasteiger partial charge in [-0.3, -0.25) is 9.69 Å². The average molecular weight is 359 g/mol. The minimum atomic E-state index is 0.0163. The Morgan fingerprint density at radius 3 is 2.81 bits per heavy atom. The van der Waals surface area contributed by atoms with E-state index in [2.05, 4.69) is 21.2 Å². The summed E-state index contributed by atoms with van der Waals surface area (Å²) in [6, 6.07) is 5.86. The molecule has 0 unspecified atom stereocenters. The molecule has 1 rings (SSSR count). The molecular weight excluding hydrogens is 336 g/mol. The summed E-state index contributed by atoms with van der Waals surface area (Å²) in [5.41, 5.74) is 1.04. The lowest BCUT2D eigenvalue weighted by atomic mass is 10.2. The zero-order valence-electron chi connectivity index (χ0n) is 12.8. The first-order chi connectivity index (χ1) is 10.1. The van der Waals surface area contributed by atoms with Gasteiger partial charge in [0.2, 0.25) is 5.91 Å². The predicted octanol–water partition coefficient (Wildman–Crippen LogP) is 2.04. The number of hydrogen-bond donors (Lipinski definition) is 1. The van der Waals surface area contributed by atoms with Crippen molar-refractivity contribution in [1.82, 2.24) is 10.2 Å². The number of carbonyl (C=O) groups is 1. The Morgan fingerprint density at radius 2 is 2.14 bits per heavy atom. The van der Waals surface area contributed by atoms with Gasteiger partial charge in [0.05, 0.1) is 13.7 Å². The number of methoxy groups -OCH3 is 2. The molecule has 0 bridgehead atoms. The highest BCUT2D eigenvalue weighted by Gasteiger charge is 2.10. The van der Waals surface area contributed by atoms with Gasteiger partial charge in [-0.15, -0.1) is 0 Å². The fourth-order valence-electron chi connectivity index (χ4n) is 1.96. The lowest BCUT2D eigenvalue weighted by Crippen LogP contribution is -2.35. The van der Waals surface area contributed by atoms with Gasteiger partial charge in [-0.1, -0.05) is 15.9 Å². The zero-order valence-corrected chi connectivity index (χ0v) is 14.4. The maximum atomic E-state index is 11.8. The molecule has 0 atom stereocenters. The first kappa shape index (κ1) is 17.9. The van der Waals surface area contributed by atoms with Crippen molar-refractivity contribution in [3.8, 4) is 5.75 Å². The molecule has 0 fully saturated rings. The van der Waals surface area contributed by atoms with Gasteiger partial charge >= 0.3 is 0 Å². The summed E-state index contributed by atoms with van der Waals surface area (Å²) in [5, 5.41) is 2.87. The summed E-state index contributed by atoms with van der Waals surface area (Å²) >= 11 is 3.45. The molecular formula is C15H23BrN2O3. The molecule has 0 aromatic heterocycles. The number of nitrogens with one attached hydrogen (secondary N) is 1. The quantitative estimate of drug-likeness (QED) is 0.686. The third kappa shape index (κ3) is 6.93. The summed E-state index contributed by atoms with van der Waals surface area (Å²) in [6.07, 6.45) is 0.825. The van der Waals surface area contributed by atoms with Gasteiger partial charge < -0.3 is 14.8 Å². The summed E-state index contributed by atoms with van der Waals surface area (Å²) in [7, 11) is 5.21. The van der Waals surface area contributed by atoms with Crippen LogP contribution in [0.1, 0.15) is 12.0 Å². The van der Waals surface area contributed by atoms with Crippen LogP contribution in [0.25, 0.3) is 0 Å². The number of amides is 1.